The highest BCUT2D eigenvalue weighted by molar-refractivity contribution is 5.79. The minimum absolute atomic E-state index is 0.0112. The normalized spacial score (nSPS) is 19.7. The Balaban J connectivity index is 1.41. The number of morpholine rings is 1. The maximum Gasteiger partial charge on any atom is 0.281 e. The highest BCUT2D eigenvalue weighted by Gasteiger charge is 2.30. The molecule has 0 aromatic carbocycles. The lowest BCUT2D eigenvalue weighted by Gasteiger charge is -2.37. The van der Waals surface area contributed by atoms with Crippen LogP contribution in [0.2, 0.25) is 0 Å². The number of halogens is 2. The van der Waals surface area contributed by atoms with Crippen LogP contribution in [0.5, 0.6) is 0 Å². The van der Waals surface area contributed by atoms with Crippen molar-refractivity contribution in [3.05, 3.63) is 11.9 Å². The molecule has 1 amide bonds. The van der Waals surface area contributed by atoms with Gasteiger partial charge in [0, 0.05) is 51.4 Å². The topological polar surface area (TPSA) is 139 Å². The molecule has 0 saturated carbocycles. The van der Waals surface area contributed by atoms with E-state index in [2.05, 4.69) is 30.2 Å². The van der Waals surface area contributed by atoms with Crippen molar-refractivity contribution in [2.75, 3.05) is 81.1 Å². The molecule has 3 fully saturated rings. The van der Waals surface area contributed by atoms with Gasteiger partial charge < -0.3 is 30.5 Å². The first kappa shape index (κ1) is 24.4. The number of ether oxygens (including phenoxy) is 1. The summed E-state index contributed by atoms with van der Waals surface area (Å²) < 4.78 is 33.0. The lowest BCUT2D eigenvalue weighted by Crippen LogP contribution is -2.52. The molecule has 5 heterocycles. The number of nitrogen functional groups attached to an aromatic ring is 1. The number of piperidine rings is 1. The molecular weight excluding hydrogens is 474 g/mol. The van der Waals surface area contributed by atoms with Gasteiger partial charge in [0.05, 0.1) is 18.8 Å². The van der Waals surface area contributed by atoms with Gasteiger partial charge in [-0.2, -0.15) is 15.0 Å². The molecular formula is C22H30F2N10O2. The number of amides is 1. The van der Waals surface area contributed by atoms with Crippen LogP contribution >= 0.6 is 0 Å². The Hall–Kier alpha value is -3.26. The molecule has 0 radical (unpaired) electrons. The molecule has 194 valence electrons. The van der Waals surface area contributed by atoms with E-state index in [1.807, 2.05) is 14.7 Å². The largest absolute Gasteiger partial charge is 0.378 e. The SMILES string of the molecule is Nc1ncc(-c2nc(N3CCOCC3)nc(N3CCN(C(=O)C4CCNCC4)CC3)n2)c(C(F)F)n1. The minimum atomic E-state index is -2.87. The zero-order chi connectivity index (χ0) is 25.1. The van der Waals surface area contributed by atoms with Gasteiger partial charge in [-0.15, -0.1) is 0 Å². The number of hydrogen-bond donors (Lipinski definition) is 2. The van der Waals surface area contributed by atoms with Crippen molar-refractivity contribution in [3.63, 3.8) is 0 Å². The number of nitrogens with one attached hydrogen (secondary N) is 1. The number of alkyl halides is 2. The van der Waals surface area contributed by atoms with Gasteiger partial charge in [0.2, 0.25) is 23.8 Å². The van der Waals surface area contributed by atoms with Crippen LogP contribution in [0.25, 0.3) is 11.4 Å². The molecule has 3 aliphatic heterocycles. The first-order chi connectivity index (χ1) is 17.5. The number of nitrogens with zero attached hydrogens (tertiary/aromatic N) is 8. The number of rotatable bonds is 5. The molecule has 14 heteroatoms. The zero-order valence-corrected chi connectivity index (χ0v) is 19.9. The summed E-state index contributed by atoms with van der Waals surface area (Å²) in [6.07, 6.45) is 0.0628. The second-order valence-corrected chi connectivity index (χ2v) is 9.02. The summed E-state index contributed by atoms with van der Waals surface area (Å²) in [6.45, 7) is 6.05. The van der Waals surface area contributed by atoms with Crippen LogP contribution in [0.3, 0.4) is 0 Å². The second kappa shape index (κ2) is 10.8. The van der Waals surface area contributed by atoms with E-state index in [9.17, 15) is 13.6 Å². The van der Waals surface area contributed by atoms with E-state index in [4.69, 9.17) is 10.5 Å². The fraction of sp³-hybridized carbons (Fsp3) is 0.636. The van der Waals surface area contributed by atoms with E-state index in [0.717, 1.165) is 25.9 Å². The average molecular weight is 505 g/mol. The fourth-order valence-corrected chi connectivity index (χ4v) is 4.72. The van der Waals surface area contributed by atoms with Crippen molar-refractivity contribution in [1.29, 1.82) is 0 Å². The van der Waals surface area contributed by atoms with Gasteiger partial charge in [0.1, 0.15) is 5.69 Å². The summed E-state index contributed by atoms with van der Waals surface area (Å²) >= 11 is 0. The number of carbonyl (C=O) groups excluding carboxylic acids is 1. The van der Waals surface area contributed by atoms with Gasteiger partial charge in [-0.05, 0) is 25.9 Å². The second-order valence-electron chi connectivity index (χ2n) is 9.02. The quantitative estimate of drug-likeness (QED) is 0.583. The first-order valence-corrected chi connectivity index (χ1v) is 12.2. The Bertz CT molecular complexity index is 1070. The van der Waals surface area contributed by atoms with E-state index >= 15 is 0 Å². The van der Waals surface area contributed by atoms with Crippen LogP contribution in [0, 0.1) is 5.92 Å². The van der Waals surface area contributed by atoms with Crippen molar-refractivity contribution in [1.82, 2.24) is 35.1 Å². The number of anilines is 3. The maximum atomic E-state index is 13.8. The summed E-state index contributed by atoms with van der Waals surface area (Å²) in [5.41, 5.74) is 5.04. The van der Waals surface area contributed by atoms with Crippen molar-refractivity contribution >= 4 is 23.8 Å². The smallest absolute Gasteiger partial charge is 0.281 e. The van der Waals surface area contributed by atoms with Crippen molar-refractivity contribution in [3.8, 4) is 11.4 Å². The molecule has 0 bridgehead atoms. The van der Waals surface area contributed by atoms with Gasteiger partial charge in [0.25, 0.3) is 6.43 Å². The van der Waals surface area contributed by atoms with Gasteiger partial charge in [-0.3, -0.25) is 4.79 Å². The Morgan fingerprint density at radius 1 is 0.972 bits per heavy atom. The Kier molecular flexibility index (Phi) is 7.32. The molecule has 3 saturated heterocycles. The lowest BCUT2D eigenvalue weighted by molar-refractivity contribution is -0.136. The van der Waals surface area contributed by atoms with Crippen LogP contribution in [0.1, 0.15) is 25.0 Å². The molecule has 2 aromatic rings. The maximum absolute atomic E-state index is 13.8. The van der Waals surface area contributed by atoms with Gasteiger partial charge in [-0.25, -0.2) is 18.7 Å². The highest BCUT2D eigenvalue weighted by Crippen LogP contribution is 2.30. The molecule has 3 aliphatic rings. The van der Waals surface area contributed by atoms with E-state index in [1.165, 1.54) is 6.20 Å². The van der Waals surface area contributed by atoms with Crippen LogP contribution in [0.15, 0.2) is 6.20 Å². The van der Waals surface area contributed by atoms with E-state index in [-0.39, 0.29) is 29.2 Å². The fourth-order valence-electron chi connectivity index (χ4n) is 4.72. The summed E-state index contributed by atoms with van der Waals surface area (Å²) in [5.74, 6) is 0.821. The standard InChI is InChI=1S/C22H30F2N10O2/c23-17(24)16-15(13-27-20(25)28-16)18-29-21(31-22(30-18)34-9-11-36-12-10-34)33-7-5-32(6-8-33)19(35)14-1-3-26-4-2-14/h13-14,17,26H,1-12H2,(H2,25,27,28). The van der Waals surface area contributed by atoms with E-state index in [0.29, 0.717) is 64.4 Å². The number of hydrogen-bond acceptors (Lipinski definition) is 11. The summed E-state index contributed by atoms with van der Waals surface area (Å²) in [7, 11) is 0. The Labute approximate surface area is 207 Å². The highest BCUT2D eigenvalue weighted by atomic mass is 19.3. The molecule has 12 nitrogen and oxygen atoms in total. The van der Waals surface area contributed by atoms with Gasteiger partial charge in [-0.1, -0.05) is 0 Å². The number of nitrogens with two attached hydrogens (primary N) is 1. The predicted octanol–water partition coefficient (Wildman–Crippen LogP) is 0.333. The molecule has 3 N–H and O–H groups in total. The van der Waals surface area contributed by atoms with Crippen LogP contribution in [-0.2, 0) is 9.53 Å². The Morgan fingerprint density at radius 2 is 1.61 bits per heavy atom. The number of carbonyl (C=O) groups is 1. The molecule has 5 rings (SSSR count). The molecule has 0 unspecified atom stereocenters. The molecule has 2 aromatic heterocycles. The van der Waals surface area contributed by atoms with E-state index in [1.54, 1.807) is 0 Å². The van der Waals surface area contributed by atoms with Crippen LogP contribution in [0.4, 0.5) is 26.6 Å². The third-order valence-corrected chi connectivity index (χ3v) is 6.75. The lowest BCUT2D eigenvalue weighted by atomic mass is 9.96. The zero-order valence-electron chi connectivity index (χ0n) is 19.9. The number of piperazine rings is 1. The van der Waals surface area contributed by atoms with Crippen molar-refractivity contribution < 1.29 is 18.3 Å². The monoisotopic (exact) mass is 504 g/mol. The van der Waals surface area contributed by atoms with Crippen LogP contribution in [-0.4, -0.2) is 101 Å². The average Bonchev–Trinajstić information content (AvgIpc) is 2.93. The third kappa shape index (κ3) is 5.28. The molecule has 0 spiro atoms. The van der Waals surface area contributed by atoms with Gasteiger partial charge in [0.15, 0.2) is 5.82 Å². The number of aromatic nitrogens is 5. The summed E-state index contributed by atoms with van der Waals surface area (Å²) in [6, 6.07) is 0. The first-order valence-electron chi connectivity index (χ1n) is 12.2. The summed E-state index contributed by atoms with van der Waals surface area (Å²) in [5, 5.41) is 3.29. The molecule has 0 atom stereocenters. The summed E-state index contributed by atoms with van der Waals surface area (Å²) in [4.78, 5) is 40.1. The Morgan fingerprint density at radius 3 is 2.25 bits per heavy atom. The molecule has 0 aliphatic carbocycles. The van der Waals surface area contributed by atoms with Crippen LogP contribution < -0.4 is 20.9 Å². The van der Waals surface area contributed by atoms with Gasteiger partial charge >= 0.3 is 0 Å². The third-order valence-electron chi connectivity index (χ3n) is 6.75. The van der Waals surface area contributed by atoms with Crippen molar-refractivity contribution in [2.24, 2.45) is 5.92 Å². The van der Waals surface area contributed by atoms with Crippen molar-refractivity contribution in [2.45, 2.75) is 19.3 Å². The minimum Gasteiger partial charge on any atom is -0.378 e. The molecule has 36 heavy (non-hydrogen) atoms. The van der Waals surface area contributed by atoms with E-state index < -0.39 is 12.1 Å². The predicted molar refractivity (Wildman–Crippen MR) is 128 cm³/mol.